The van der Waals surface area contributed by atoms with Crippen molar-refractivity contribution in [3.8, 4) is 5.75 Å². The molecule has 0 aliphatic rings. The van der Waals surface area contributed by atoms with Crippen molar-refractivity contribution in [1.82, 2.24) is 0 Å². The van der Waals surface area contributed by atoms with Crippen molar-refractivity contribution in [2.24, 2.45) is 0 Å². The molecule has 0 saturated heterocycles. The summed E-state index contributed by atoms with van der Waals surface area (Å²) in [7, 11) is 0. The molecule has 2 N–H and O–H groups in total. The molecule has 3 heteroatoms. The van der Waals surface area contributed by atoms with E-state index in [-0.39, 0.29) is 0 Å². The van der Waals surface area contributed by atoms with Crippen LogP contribution in [0.4, 0.5) is 5.69 Å². The second-order valence-corrected chi connectivity index (χ2v) is 3.38. The number of rotatable bonds is 4. The van der Waals surface area contributed by atoms with Gasteiger partial charge >= 0.3 is 0 Å². The van der Waals surface area contributed by atoms with E-state index in [0.29, 0.717) is 18.0 Å². The lowest BCUT2D eigenvalue weighted by Crippen LogP contribution is -1.98. The van der Waals surface area contributed by atoms with Crippen molar-refractivity contribution in [1.29, 1.82) is 0 Å². The molecule has 0 heterocycles. The van der Waals surface area contributed by atoms with Gasteiger partial charge in [0.05, 0.1) is 0 Å². The lowest BCUT2D eigenvalue weighted by Gasteiger charge is -2.09. The van der Waals surface area contributed by atoms with Gasteiger partial charge in [-0.15, -0.1) is 0 Å². The molecule has 0 unspecified atom stereocenters. The van der Waals surface area contributed by atoms with Crippen LogP contribution in [0.1, 0.15) is 5.56 Å². The first kappa shape index (κ1) is 10.5. The van der Waals surface area contributed by atoms with Crippen LogP contribution in [0.2, 0.25) is 0 Å². The van der Waals surface area contributed by atoms with E-state index in [4.69, 9.17) is 9.94 Å². The first-order valence-corrected chi connectivity index (χ1v) is 5.06. The highest BCUT2D eigenvalue weighted by Gasteiger charge is 2.01. The van der Waals surface area contributed by atoms with Crippen molar-refractivity contribution in [3.05, 3.63) is 60.2 Å². The number of hydrogen-bond acceptors (Lipinski definition) is 3. The van der Waals surface area contributed by atoms with E-state index in [9.17, 15) is 0 Å². The van der Waals surface area contributed by atoms with Gasteiger partial charge in [-0.1, -0.05) is 42.5 Å². The number of benzene rings is 2. The van der Waals surface area contributed by atoms with Gasteiger partial charge in [-0.05, 0) is 17.7 Å². The summed E-state index contributed by atoms with van der Waals surface area (Å²) in [5.74, 6) is 0.633. The normalized spacial score (nSPS) is 9.81. The lowest BCUT2D eigenvalue weighted by atomic mass is 10.2. The van der Waals surface area contributed by atoms with Gasteiger partial charge < -0.3 is 4.74 Å². The average molecular weight is 215 g/mol. The van der Waals surface area contributed by atoms with E-state index in [0.717, 1.165) is 5.56 Å². The van der Waals surface area contributed by atoms with Crippen LogP contribution in [0.25, 0.3) is 0 Å². The maximum atomic E-state index is 8.89. The molecule has 0 atom stereocenters. The fourth-order valence-corrected chi connectivity index (χ4v) is 1.42. The zero-order valence-electron chi connectivity index (χ0n) is 8.76. The lowest BCUT2D eigenvalue weighted by molar-refractivity contribution is 0.302. The Hall–Kier alpha value is -2.00. The molecule has 0 aliphatic carbocycles. The van der Waals surface area contributed by atoms with Crippen molar-refractivity contribution >= 4 is 5.69 Å². The Bertz CT molecular complexity index is 443. The summed E-state index contributed by atoms with van der Waals surface area (Å²) >= 11 is 0. The van der Waals surface area contributed by atoms with Gasteiger partial charge in [0.25, 0.3) is 0 Å². The van der Waals surface area contributed by atoms with Crippen LogP contribution >= 0.6 is 0 Å². The Kier molecular flexibility index (Phi) is 3.41. The highest BCUT2D eigenvalue weighted by Crippen LogP contribution is 2.23. The summed E-state index contributed by atoms with van der Waals surface area (Å²) in [4.78, 5) is 0. The van der Waals surface area contributed by atoms with E-state index >= 15 is 0 Å². The Morgan fingerprint density at radius 2 is 1.62 bits per heavy atom. The zero-order valence-corrected chi connectivity index (χ0v) is 8.76. The van der Waals surface area contributed by atoms with E-state index in [1.54, 1.807) is 6.07 Å². The van der Waals surface area contributed by atoms with Crippen LogP contribution in [0.15, 0.2) is 54.6 Å². The van der Waals surface area contributed by atoms with Gasteiger partial charge in [0, 0.05) is 0 Å². The van der Waals surface area contributed by atoms with Crippen LogP contribution in [0.5, 0.6) is 5.75 Å². The van der Waals surface area contributed by atoms with Gasteiger partial charge in [0.2, 0.25) is 0 Å². The monoisotopic (exact) mass is 215 g/mol. The third-order valence-corrected chi connectivity index (χ3v) is 2.24. The molecule has 0 fully saturated rings. The minimum absolute atomic E-state index is 0.486. The molecule has 0 aliphatic heterocycles. The molecule has 0 spiro atoms. The smallest absolute Gasteiger partial charge is 0.145 e. The molecule has 2 rings (SSSR count). The molecule has 0 bridgehead atoms. The predicted octanol–water partition coefficient (Wildman–Crippen LogP) is 3.07. The van der Waals surface area contributed by atoms with Gasteiger partial charge in [-0.3, -0.25) is 10.7 Å². The van der Waals surface area contributed by atoms with Gasteiger partial charge in [0.15, 0.2) is 0 Å². The van der Waals surface area contributed by atoms with Crippen molar-refractivity contribution in [2.75, 3.05) is 5.48 Å². The molecular weight excluding hydrogens is 202 g/mol. The minimum Gasteiger partial charge on any atom is -0.487 e. The summed E-state index contributed by atoms with van der Waals surface area (Å²) in [6, 6.07) is 17.1. The number of hydrogen-bond donors (Lipinski definition) is 2. The number of para-hydroxylation sites is 2. The fourth-order valence-electron chi connectivity index (χ4n) is 1.42. The van der Waals surface area contributed by atoms with Crippen LogP contribution in [-0.4, -0.2) is 5.21 Å². The SMILES string of the molecule is ONc1ccccc1OCc1ccccc1. The maximum absolute atomic E-state index is 8.89. The topological polar surface area (TPSA) is 41.5 Å². The van der Waals surface area contributed by atoms with E-state index < -0.39 is 0 Å². The molecule has 16 heavy (non-hydrogen) atoms. The average Bonchev–Trinajstić information content (AvgIpc) is 2.38. The van der Waals surface area contributed by atoms with Crippen molar-refractivity contribution in [2.45, 2.75) is 6.61 Å². The van der Waals surface area contributed by atoms with E-state index in [1.807, 2.05) is 48.5 Å². The molecule has 0 radical (unpaired) electrons. The molecule has 0 saturated carbocycles. The third kappa shape index (κ3) is 2.52. The van der Waals surface area contributed by atoms with Gasteiger partial charge in [-0.2, -0.15) is 0 Å². The third-order valence-electron chi connectivity index (χ3n) is 2.24. The summed E-state index contributed by atoms with van der Waals surface area (Å²) < 4.78 is 5.59. The van der Waals surface area contributed by atoms with Crippen LogP contribution in [0.3, 0.4) is 0 Å². The Balaban J connectivity index is 2.05. The molecule has 82 valence electrons. The Morgan fingerprint density at radius 1 is 0.938 bits per heavy atom. The Morgan fingerprint density at radius 3 is 2.38 bits per heavy atom. The van der Waals surface area contributed by atoms with Crippen LogP contribution in [0, 0.1) is 0 Å². The fraction of sp³-hybridized carbons (Fsp3) is 0.0769. The largest absolute Gasteiger partial charge is 0.487 e. The molecule has 0 aromatic heterocycles. The number of nitrogens with one attached hydrogen (secondary N) is 1. The Labute approximate surface area is 94.3 Å². The highest BCUT2D eigenvalue weighted by molar-refractivity contribution is 5.54. The summed E-state index contributed by atoms with van der Waals surface area (Å²) in [5.41, 5.74) is 3.77. The van der Waals surface area contributed by atoms with Crippen LogP contribution in [-0.2, 0) is 6.61 Å². The second-order valence-electron chi connectivity index (χ2n) is 3.38. The molecule has 2 aromatic carbocycles. The van der Waals surface area contributed by atoms with Gasteiger partial charge in [-0.25, -0.2) is 0 Å². The van der Waals surface area contributed by atoms with Crippen LogP contribution < -0.4 is 10.2 Å². The molecule has 0 amide bonds. The van der Waals surface area contributed by atoms with E-state index in [2.05, 4.69) is 5.48 Å². The van der Waals surface area contributed by atoms with Gasteiger partial charge in [0.1, 0.15) is 18.0 Å². The van der Waals surface area contributed by atoms with Crippen molar-refractivity contribution < 1.29 is 9.94 Å². The summed E-state index contributed by atoms with van der Waals surface area (Å²) in [5, 5.41) is 8.89. The minimum atomic E-state index is 0.486. The maximum Gasteiger partial charge on any atom is 0.145 e. The summed E-state index contributed by atoms with van der Waals surface area (Å²) in [6.45, 7) is 0.486. The first-order valence-electron chi connectivity index (χ1n) is 5.06. The van der Waals surface area contributed by atoms with Crippen molar-refractivity contribution in [3.63, 3.8) is 0 Å². The first-order chi connectivity index (χ1) is 7.90. The number of anilines is 1. The standard InChI is InChI=1S/C13H13NO2/c15-14-12-8-4-5-9-13(12)16-10-11-6-2-1-3-7-11/h1-9,14-15H,10H2. The highest BCUT2D eigenvalue weighted by atomic mass is 16.5. The number of ether oxygens (including phenoxy) is 1. The van der Waals surface area contributed by atoms with E-state index in [1.165, 1.54) is 0 Å². The quantitative estimate of drug-likeness (QED) is 0.770. The predicted molar refractivity (Wildman–Crippen MR) is 62.6 cm³/mol. The second kappa shape index (κ2) is 5.19. The summed E-state index contributed by atoms with van der Waals surface area (Å²) in [6.07, 6.45) is 0. The molecular formula is C13H13NO2. The zero-order chi connectivity index (χ0) is 11.2. The molecule has 3 nitrogen and oxygen atoms in total. The molecule has 2 aromatic rings.